The number of hydrogen-bond donors (Lipinski definition) is 1. The quantitative estimate of drug-likeness (QED) is 0.875. The smallest absolute Gasteiger partial charge is 0.241 e. The van der Waals surface area contributed by atoms with Gasteiger partial charge < -0.3 is 14.8 Å². The van der Waals surface area contributed by atoms with Gasteiger partial charge >= 0.3 is 0 Å². The fourth-order valence-electron chi connectivity index (χ4n) is 2.62. The van der Waals surface area contributed by atoms with Gasteiger partial charge in [-0.05, 0) is 31.6 Å². The van der Waals surface area contributed by atoms with Crippen LogP contribution in [0.4, 0.5) is 5.69 Å². The maximum absolute atomic E-state index is 12.4. The highest BCUT2D eigenvalue weighted by Gasteiger charge is 2.22. The molecule has 1 aromatic rings. The molecular formula is C16H24N2O3. The lowest BCUT2D eigenvalue weighted by Gasteiger charge is -2.27. The molecule has 1 aliphatic heterocycles. The Bertz CT molecular complexity index is 486. The third kappa shape index (κ3) is 3.67. The number of rotatable bonds is 6. The Hall–Kier alpha value is -1.75. The van der Waals surface area contributed by atoms with Crippen molar-refractivity contribution in [3.63, 3.8) is 0 Å². The second kappa shape index (κ2) is 7.31. The van der Waals surface area contributed by atoms with Crippen LogP contribution in [-0.4, -0.2) is 43.2 Å². The molecule has 2 rings (SSSR count). The number of carbonyl (C=O) groups excluding carboxylic acids is 1. The Morgan fingerprint density at radius 2 is 1.86 bits per heavy atom. The fraction of sp³-hybridized carbons (Fsp3) is 0.562. The molecule has 116 valence electrons. The lowest BCUT2D eigenvalue weighted by molar-refractivity contribution is -0.121. The lowest BCUT2D eigenvalue weighted by Crippen LogP contribution is -2.43. The summed E-state index contributed by atoms with van der Waals surface area (Å²) in [5.74, 6) is 1.45. The summed E-state index contributed by atoms with van der Waals surface area (Å²) >= 11 is 0. The highest BCUT2D eigenvalue weighted by atomic mass is 16.6. The van der Waals surface area contributed by atoms with Gasteiger partial charge in [0.2, 0.25) is 5.91 Å². The van der Waals surface area contributed by atoms with Gasteiger partial charge in [-0.25, -0.2) is 0 Å². The highest BCUT2D eigenvalue weighted by molar-refractivity contribution is 5.95. The number of ether oxygens (including phenoxy) is 2. The van der Waals surface area contributed by atoms with Crippen LogP contribution in [0.5, 0.6) is 11.5 Å². The number of carbonyl (C=O) groups is 1. The lowest BCUT2D eigenvalue weighted by atomic mass is 10.1. The first-order chi connectivity index (χ1) is 10.2. The van der Waals surface area contributed by atoms with Crippen molar-refractivity contribution in [2.24, 2.45) is 0 Å². The number of nitrogens with one attached hydrogen (secondary N) is 1. The van der Waals surface area contributed by atoms with Gasteiger partial charge in [0.15, 0.2) is 11.5 Å². The minimum Gasteiger partial charge on any atom is -0.486 e. The van der Waals surface area contributed by atoms with Crippen molar-refractivity contribution in [2.75, 3.05) is 31.6 Å². The molecule has 0 spiro atoms. The Balaban J connectivity index is 2.07. The molecule has 5 nitrogen and oxygen atoms in total. The first-order valence-corrected chi connectivity index (χ1v) is 7.64. The van der Waals surface area contributed by atoms with Crippen molar-refractivity contribution in [2.45, 2.75) is 33.2 Å². The molecule has 0 unspecified atom stereocenters. The molecule has 0 bridgehead atoms. The van der Waals surface area contributed by atoms with E-state index in [0.29, 0.717) is 19.0 Å². The van der Waals surface area contributed by atoms with E-state index in [2.05, 4.69) is 24.1 Å². The van der Waals surface area contributed by atoms with Crippen LogP contribution in [0.15, 0.2) is 18.2 Å². The van der Waals surface area contributed by atoms with Gasteiger partial charge in [-0.3, -0.25) is 9.69 Å². The maximum Gasteiger partial charge on any atom is 0.241 e. The minimum absolute atomic E-state index is 0.0258. The Labute approximate surface area is 126 Å². The molecule has 0 aliphatic carbocycles. The molecule has 21 heavy (non-hydrogen) atoms. The number of nitrogens with zero attached hydrogens (tertiary/aromatic N) is 1. The number of hydrogen-bond acceptors (Lipinski definition) is 4. The van der Waals surface area contributed by atoms with Crippen molar-refractivity contribution in [3.05, 3.63) is 18.2 Å². The molecule has 1 heterocycles. The average Bonchev–Trinajstić information content (AvgIpc) is 2.52. The van der Waals surface area contributed by atoms with Gasteiger partial charge in [0, 0.05) is 11.8 Å². The van der Waals surface area contributed by atoms with E-state index in [1.807, 2.05) is 25.1 Å². The molecule has 0 radical (unpaired) electrons. The summed E-state index contributed by atoms with van der Waals surface area (Å²) in [5.41, 5.74) is 0.745. The normalized spacial score (nSPS) is 14.9. The van der Waals surface area contributed by atoms with Gasteiger partial charge in [0.25, 0.3) is 0 Å². The Kier molecular flexibility index (Phi) is 5.44. The van der Waals surface area contributed by atoms with E-state index in [0.717, 1.165) is 30.9 Å². The van der Waals surface area contributed by atoms with Gasteiger partial charge in [-0.15, -0.1) is 0 Å². The topological polar surface area (TPSA) is 50.8 Å². The summed E-state index contributed by atoms with van der Waals surface area (Å²) in [4.78, 5) is 14.6. The van der Waals surface area contributed by atoms with Crippen LogP contribution in [0.2, 0.25) is 0 Å². The zero-order chi connectivity index (χ0) is 15.2. The summed E-state index contributed by atoms with van der Waals surface area (Å²) < 4.78 is 11.0. The van der Waals surface area contributed by atoms with Gasteiger partial charge in [0.1, 0.15) is 13.2 Å². The molecule has 1 N–H and O–H groups in total. The molecule has 0 saturated carbocycles. The van der Waals surface area contributed by atoms with E-state index in [4.69, 9.17) is 9.47 Å². The maximum atomic E-state index is 12.4. The van der Waals surface area contributed by atoms with E-state index in [1.54, 1.807) is 0 Å². The monoisotopic (exact) mass is 292 g/mol. The van der Waals surface area contributed by atoms with E-state index in [1.165, 1.54) is 0 Å². The Morgan fingerprint density at radius 1 is 1.19 bits per heavy atom. The largest absolute Gasteiger partial charge is 0.486 e. The third-order valence-electron chi connectivity index (χ3n) is 3.75. The third-order valence-corrected chi connectivity index (χ3v) is 3.75. The second-order valence-corrected chi connectivity index (χ2v) is 4.99. The van der Waals surface area contributed by atoms with Gasteiger partial charge in [-0.1, -0.05) is 20.8 Å². The van der Waals surface area contributed by atoms with Crippen LogP contribution in [0, 0.1) is 0 Å². The van der Waals surface area contributed by atoms with Crippen LogP contribution >= 0.6 is 0 Å². The van der Waals surface area contributed by atoms with Crippen LogP contribution in [-0.2, 0) is 4.79 Å². The fourth-order valence-corrected chi connectivity index (χ4v) is 2.62. The zero-order valence-electron chi connectivity index (χ0n) is 13.0. The van der Waals surface area contributed by atoms with Crippen molar-refractivity contribution in [3.8, 4) is 11.5 Å². The summed E-state index contributed by atoms with van der Waals surface area (Å²) in [6.45, 7) is 9.02. The molecule has 1 atom stereocenters. The first-order valence-electron chi connectivity index (χ1n) is 7.64. The van der Waals surface area contributed by atoms with E-state index in [9.17, 15) is 4.79 Å². The zero-order valence-corrected chi connectivity index (χ0v) is 13.0. The number of benzene rings is 1. The number of anilines is 1. The van der Waals surface area contributed by atoms with Crippen LogP contribution in [0.3, 0.4) is 0 Å². The summed E-state index contributed by atoms with van der Waals surface area (Å²) in [6, 6.07) is 5.40. The van der Waals surface area contributed by atoms with Gasteiger partial charge in [0.05, 0.1) is 6.04 Å². The van der Waals surface area contributed by atoms with Crippen molar-refractivity contribution in [1.82, 2.24) is 4.90 Å². The molecule has 0 fully saturated rings. The number of fused-ring (bicyclic) bond motifs is 1. The molecule has 5 heteroatoms. The van der Waals surface area contributed by atoms with Crippen molar-refractivity contribution < 1.29 is 14.3 Å². The first kappa shape index (κ1) is 15.6. The van der Waals surface area contributed by atoms with E-state index < -0.39 is 0 Å². The van der Waals surface area contributed by atoms with Crippen LogP contribution in [0.25, 0.3) is 0 Å². The second-order valence-electron chi connectivity index (χ2n) is 4.99. The number of amides is 1. The van der Waals surface area contributed by atoms with Crippen LogP contribution < -0.4 is 14.8 Å². The molecule has 0 saturated heterocycles. The molecule has 1 aliphatic rings. The number of likely N-dealkylation sites (N-methyl/N-ethyl adjacent to an activating group) is 1. The minimum atomic E-state index is -0.104. The highest BCUT2D eigenvalue weighted by Crippen LogP contribution is 2.32. The van der Waals surface area contributed by atoms with Gasteiger partial charge in [-0.2, -0.15) is 0 Å². The summed E-state index contributed by atoms with van der Waals surface area (Å²) in [6.07, 6.45) is 0.790. The van der Waals surface area contributed by atoms with Crippen molar-refractivity contribution >= 4 is 11.6 Å². The predicted octanol–water partition coefficient (Wildman–Crippen LogP) is 2.52. The van der Waals surface area contributed by atoms with E-state index >= 15 is 0 Å². The molecule has 1 aromatic carbocycles. The average molecular weight is 292 g/mol. The summed E-state index contributed by atoms with van der Waals surface area (Å²) in [5, 5.41) is 2.98. The van der Waals surface area contributed by atoms with Crippen molar-refractivity contribution in [1.29, 1.82) is 0 Å². The Morgan fingerprint density at radius 3 is 2.48 bits per heavy atom. The molecule has 0 aromatic heterocycles. The van der Waals surface area contributed by atoms with E-state index in [-0.39, 0.29) is 11.9 Å². The molecular weight excluding hydrogens is 268 g/mol. The standard InChI is InChI=1S/C16H24N2O3/c1-4-13(18(5-2)6-3)16(19)17-12-7-8-14-15(11-12)21-10-9-20-14/h7-8,11,13H,4-6,9-10H2,1-3H3,(H,17,19)/t13-/m0/s1. The SMILES string of the molecule is CC[C@@H](C(=O)Nc1ccc2c(c1)OCCO2)N(CC)CC. The molecule has 1 amide bonds. The van der Waals surface area contributed by atoms with Crippen LogP contribution in [0.1, 0.15) is 27.2 Å². The summed E-state index contributed by atoms with van der Waals surface area (Å²) in [7, 11) is 0. The predicted molar refractivity (Wildman–Crippen MR) is 83.1 cm³/mol.